The monoisotopic (exact) mass is 384 g/mol. The van der Waals surface area contributed by atoms with Gasteiger partial charge in [0.2, 0.25) is 0 Å². The van der Waals surface area contributed by atoms with Crippen molar-refractivity contribution in [2.24, 2.45) is 0 Å². The molecular weight excluding hydrogens is 360 g/mol. The van der Waals surface area contributed by atoms with Crippen LogP contribution in [0.25, 0.3) is 0 Å². The quantitative estimate of drug-likeness (QED) is 0.611. The summed E-state index contributed by atoms with van der Waals surface area (Å²) in [7, 11) is 1.67. The maximum Gasteiger partial charge on any atom is 0.161 e. The predicted octanol–water partition coefficient (Wildman–Crippen LogP) is 4.69. The molecule has 2 aromatic carbocycles. The van der Waals surface area contributed by atoms with Crippen molar-refractivity contribution in [2.45, 2.75) is 26.6 Å². The first kappa shape index (κ1) is 20.7. The Balaban J connectivity index is 0.00000261. The van der Waals surface area contributed by atoms with E-state index >= 15 is 0 Å². The minimum absolute atomic E-state index is 0. The Morgan fingerprint density at radius 3 is 2.48 bits per heavy atom. The topological polar surface area (TPSA) is 43.4 Å². The molecule has 0 aliphatic rings. The first-order chi connectivity index (χ1) is 12.8. The second-order valence-electron chi connectivity index (χ2n) is 6.17. The first-order valence-electron chi connectivity index (χ1n) is 8.70. The third-order valence-corrected chi connectivity index (χ3v) is 4.25. The summed E-state index contributed by atoms with van der Waals surface area (Å²) < 4.78 is 11.5. The summed E-state index contributed by atoms with van der Waals surface area (Å²) in [5, 5.41) is 3.42. The third kappa shape index (κ3) is 5.98. The van der Waals surface area contributed by atoms with E-state index in [4.69, 9.17) is 9.47 Å². The molecule has 0 bridgehead atoms. The van der Waals surface area contributed by atoms with Crippen LogP contribution in [0.2, 0.25) is 0 Å². The van der Waals surface area contributed by atoms with Gasteiger partial charge >= 0.3 is 0 Å². The smallest absolute Gasteiger partial charge is 0.161 e. The van der Waals surface area contributed by atoms with Crippen molar-refractivity contribution in [1.82, 2.24) is 10.3 Å². The zero-order chi connectivity index (χ0) is 18.2. The number of halogens is 1. The number of methoxy groups -OCH3 is 1. The molecule has 0 aliphatic carbocycles. The molecule has 5 heteroatoms. The van der Waals surface area contributed by atoms with Crippen molar-refractivity contribution in [3.63, 3.8) is 0 Å². The highest BCUT2D eigenvalue weighted by Crippen LogP contribution is 2.29. The van der Waals surface area contributed by atoms with Gasteiger partial charge < -0.3 is 14.8 Å². The number of hydrogen-bond acceptors (Lipinski definition) is 4. The maximum atomic E-state index is 5.97. The van der Waals surface area contributed by atoms with Crippen molar-refractivity contribution in [1.29, 1.82) is 0 Å². The molecule has 0 fully saturated rings. The van der Waals surface area contributed by atoms with Crippen LogP contribution in [-0.2, 0) is 19.7 Å². The molecule has 1 aromatic heterocycles. The van der Waals surface area contributed by atoms with Gasteiger partial charge in [0.15, 0.2) is 11.5 Å². The number of nitrogens with zero attached hydrogens (tertiary/aromatic N) is 1. The van der Waals surface area contributed by atoms with E-state index in [2.05, 4.69) is 41.5 Å². The Morgan fingerprint density at radius 2 is 1.74 bits per heavy atom. The Labute approximate surface area is 167 Å². The number of hydrogen-bond donors (Lipinski definition) is 1. The van der Waals surface area contributed by atoms with Gasteiger partial charge in [-0.1, -0.05) is 36.4 Å². The molecule has 0 atom stereocenters. The van der Waals surface area contributed by atoms with E-state index in [1.165, 1.54) is 11.1 Å². The van der Waals surface area contributed by atoms with E-state index < -0.39 is 0 Å². The van der Waals surface area contributed by atoms with Gasteiger partial charge in [-0.05, 0) is 47.4 Å². The largest absolute Gasteiger partial charge is 0.493 e. The van der Waals surface area contributed by atoms with Gasteiger partial charge in [-0.15, -0.1) is 12.4 Å². The van der Waals surface area contributed by atoms with Crippen LogP contribution in [0.4, 0.5) is 0 Å². The van der Waals surface area contributed by atoms with Gasteiger partial charge in [-0.25, -0.2) is 0 Å². The van der Waals surface area contributed by atoms with Crippen LogP contribution in [0.15, 0.2) is 67.0 Å². The number of aryl methyl sites for hydroxylation is 1. The number of aromatic nitrogens is 1. The molecule has 1 heterocycles. The fourth-order valence-electron chi connectivity index (χ4n) is 2.72. The number of rotatable bonds is 8. The molecule has 0 saturated carbocycles. The third-order valence-electron chi connectivity index (χ3n) is 4.25. The number of benzene rings is 2. The van der Waals surface area contributed by atoms with Crippen molar-refractivity contribution in [3.05, 3.63) is 89.2 Å². The fraction of sp³-hybridized carbons (Fsp3) is 0.227. The van der Waals surface area contributed by atoms with E-state index in [1.54, 1.807) is 13.3 Å². The summed E-state index contributed by atoms with van der Waals surface area (Å²) in [5.74, 6) is 1.51. The molecule has 0 radical (unpaired) electrons. The van der Waals surface area contributed by atoms with Crippen molar-refractivity contribution < 1.29 is 9.47 Å². The molecule has 0 amide bonds. The lowest BCUT2D eigenvalue weighted by Crippen LogP contribution is -2.12. The Morgan fingerprint density at radius 1 is 0.926 bits per heavy atom. The molecular formula is C22H25ClN2O2. The minimum Gasteiger partial charge on any atom is -0.493 e. The van der Waals surface area contributed by atoms with Crippen LogP contribution in [-0.4, -0.2) is 12.1 Å². The van der Waals surface area contributed by atoms with Crippen LogP contribution >= 0.6 is 12.4 Å². The maximum absolute atomic E-state index is 5.97. The molecule has 3 rings (SSSR count). The van der Waals surface area contributed by atoms with E-state index in [0.29, 0.717) is 6.61 Å². The highest BCUT2D eigenvalue weighted by molar-refractivity contribution is 5.85. The number of pyridine rings is 1. The number of nitrogens with one attached hydrogen (secondary N) is 1. The lowest BCUT2D eigenvalue weighted by Gasteiger charge is -2.13. The van der Waals surface area contributed by atoms with Crippen molar-refractivity contribution >= 4 is 12.4 Å². The standard InChI is InChI=1S/C22H24N2O2.ClH/c1-17-6-3-4-8-20(17)16-26-21-10-9-18(12-22(21)25-2)13-24-15-19-7-5-11-23-14-19;/h3-12,14,24H,13,15-16H2,1-2H3;1H. The molecule has 0 unspecified atom stereocenters. The highest BCUT2D eigenvalue weighted by atomic mass is 35.5. The second-order valence-corrected chi connectivity index (χ2v) is 6.17. The van der Waals surface area contributed by atoms with Gasteiger partial charge in [0, 0.05) is 25.5 Å². The average Bonchev–Trinajstić information content (AvgIpc) is 2.68. The first-order valence-corrected chi connectivity index (χ1v) is 8.70. The van der Waals surface area contributed by atoms with Gasteiger partial charge in [-0.2, -0.15) is 0 Å². The van der Waals surface area contributed by atoms with Crippen LogP contribution < -0.4 is 14.8 Å². The summed E-state index contributed by atoms with van der Waals surface area (Å²) in [6, 6.07) is 18.3. The molecule has 0 aliphatic heterocycles. The molecule has 0 saturated heterocycles. The van der Waals surface area contributed by atoms with Gasteiger partial charge in [0.1, 0.15) is 6.61 Å². The Bertz CT molecular complexity index is 841. The molecule has 3 aromatic rings. The summed E-state index contributed by atoms with van der Waals surface area (Å²) in [6.45, 7) is 4.15. The van der Waals surface area contributed by atoms with E-state index in [0.717, 1.165) is 35.7 Å². The average molecular weight is 385 g/mol. The van der Waals surface area contributed by atoms with E-state index in [-0.39, 0.29) is 12.4 Å². The summed E-state index contributed by atoms with van der Waals surface area (Å²) in [4.78, 5) is 4.12. The summed E-state index contributed by atoms with van der Waals surface area (Å²) >= 11 is 0. The summed E-state index contributed by atoms with van der Waals surface area (Å²) in [6.07, 6.45) is 3.65. The number of ether oxygens (including phenoxy) is 2. The molecule has 27 heavy (non-hydrogen) atoms. The zero-order valence-electron chi connectivity index (χ0n) is 15.6. The van der Waals surface area contributed by atoms with Crippen LogP contribution in [0.1, 0.15) is 22.3 Å². The SMILES string of the molecule is COc1cc(CNCc2cccnc2)ccc1OCc1ccccc1C.Cl. The molecule has 4 nitrogen and oxygen atoms in total. The van der Waals surface area contributed by atoms with E-state index in [1.807, 2.05) is 36.5 Å². The second kappa shape index (κ2) is 10.6. The molecule has 0 spiro atoms. The van der Waals surface area contributed by atoms with Gasteiger partial charge in [0.05, 0.1) is 7.11 Å². The summed E-state index contributed by atoms with van der Waals surface area (Å²) in [5.41, 5.74) is 4.71. The van der Waals surface area contributed by atoms with Gasteiger partial charge in [-0.3, -0.25) is 4.98 Å². The lowest BCUT2D eigenvalue weighted by atomic mass is 10.1. The van der Waals surface area contributed by atoms with Crippen molar-refractivity contribution in [3.8, 4) is 11.5 Å². The van der Waals surface area contributed by atoms with Crippen LogP contribution in [0.3, 0.4) is 0 Å². The minimum atomic E-state index is 0. The van der Waals surface area contributed by atoms with Crippen LogP contribution in [0.5, 0.6) is 11.5 Å². The van der Waals surface area contributed by atoms with Gasteiger partial charge in [0.25, 0.3) is 0 Å². The normalized spacial score (nSPS) is 10.1. The Hall–Kier alpha value is -2.56. The molecule has 142 valence electrons. The molecule has 1 N–H and O–H groups in total. The Kier molecular flexibility index (Phi) is 8.11. The predicted molar refractivity (Wildman–Crippen MR) is 111 cm³/mol. The highest BCUT2D eigenvalue weighted by Gasteiger charge is 2.07. The fourth-order valence-corrected chi connectivity index (χ4v) is 2.72. The lowest BCUT2D eigenvalue weighted by molar-refractivity contribution is 0.283. The van der Waals surface area contributed by atoms with Crippen molar-refractivity contribution in [2.75, 3.05) is 7.11 Å². The zero-order valence-corrected chi connectivity index (χ0v) is 16.5. The van der Waals surface area contributed by atoms with Crippen LogP contribution in [0, 0.1) is 6.92 Å². The van der Waals surface area contributed by atoms with E-state index in [9.17, 15) is 0 Å².